The fourth-order valence-corrected chi connectivity index (χ4v) is 4.66. The summed E-state index contributed by atoms with van der Waals surface area (Å²) in [7, 11) is 0. The lowest BCUT2D eigenvalue weighted by molar-refractivity contribution is 0.0356. The molecule has 0 bridgehead atoms. The van der Waals surface area contributed by atoms with Gasteiger partial charge in [0.1, 0.15) is 0 Å². The first-order chi connectivity index (χ1) is 16.2. The van der Waals surface area contributed by atoms with E-state index in [1.165, 1.54) is 0 Å². The van der Waals surface area contributed by atoms with Gasteiger partial charge < -0.3 is 34.1 Å². The monoisotopic (exact) mass is 474 g/mol. The third-order valence-corrected chi connectivity index (χ3v) is 6.76. The van der Waals surface area contributed by atoms with Gasteiger partial charge in [0.2, 0.25) is 6.79 Å². The molecule has 0 aliphatic carbocycles. The molecule has 2 N–H and O–H groups in total. The van der Waals surface area contributed by atoms with Crippen molar-refractivity contribution in [2.75, 3.05) is 59.3 Å². The standard InChI is InChI=1S/C23H30N4O5S/c28-22-17(10-16-11-20-21(32-15-31-20)12-19(16)25-22)14-27(4-3-26-5-8-29-9-6-26)23(33)24-13-18-2-1-7-30-18/h10-12,18H,1-9,13-15H2,(H,24,33)(H,25,28)/t18-/m1/s1. The third-order valence-electron chi connectivity index (χ3n) is 6.36. The SMILES string of the molecule is O=c1[nH]c2cc3c(cc2cc1CN(CCN1CCOCC1)C(=S)NC[C@H]1CCCO1)OCO3. The summed E-state index contributed by atoms with van der Waals surface area (Å²) in [6, 6.07) is 5.64. The highest BCUT2D eigenvalue weighted by atomic mass is 32.1. The number of rotatable bonds is 7. The molecule has 1 atom stereocenters. The number of thiocarbonyl (C=S) groups is 1. The maximum absolute atomic E-state index is 12.9. The van der Waals surface area contributed by atoms with Gasteiger partial charge in [-0.3, -0.25) is 9.69 Å². The predicted molar refractivity (Wildman–Crippen MR) is 128 cm³/mol. The molecule has 5 rings (SSSR count). The van der Waals surface area contributed by atoms with Crippen molar-refractivity contribution in [3.05, 3.63) is 34.1 Å². The molecule has 10 heteroatoms. The lowest BCUT2D eigenvalue weighted by atomic mass is 10.1. The number of morpholine rings is 1. The molecule has 33 heavy (non-hydrogen) atoms. The highest BCUT2D eigenvalue weighted by Crippen LogP contribution is 2.35. The Labute approximate surface area is 197 Å². The van der Waals surface area contributed by atoms with Crippen LogP contribution in [0, 0.1) is 0 Å². The second kappa shape index (κ2) is 10.3. The van der Waals surface area contributed by atoms with Crippen LogP contribution in [0.2, 0.25) is 0 Å². The molecule has 1 aromatic heterocycles. The summed E-state index contributed by atoms with van der Waals surface area (Å²) in [5.74, 6) is 1.34. The normalized spacial score (nSPS) is 20.3. The van der Waals surface area contributed by atoms with Crippen LogP contribution < -0.4 is 20.3 Å². The van der Waals surface area contributed by atoms with E-state index >= 15 is 0 Å². The zero-order valence-corrected chi connectivity index (χ0v) is 19.5. The highest BCUT2D eigenvalue weighted by molar-refractivity contribution is 7.80. The Morgan fingerprint density at radius 2 is 2.00 bits per heavy atom. The van der Waals surface area contributed by atoms with E-state index in [0.717, 1.165) is 69.7 Å². The Morgan fingerprint density at radius 3 is 2.79 bits per heavy atom. The summed E-state index contributed by atoms with van der Waals surface area (Å²) in [6.45, 7) is 7.01. The van der Waals surface area contributed by atoms with E-state index in [1.807, 2.05) is 18.2 Å². The van der Waals surface area contributed by atoms with Gasteiger partial charge in [-0.2, -0.15) is 0 Å². The van der Waals surface area contributed by atoms with E-state index in [2.05, 4.69) is 20.1 Å². The molecule has 9 nitrogen and oxygen atoms in total. The average molecular weight is 475 g/mol. The zero-order chi connectivity index (χ0) is 22.6. The summed E-state index contributed by atoms with van der Waals surface area (Å²) in [5, 5.41) is 4.91. The second-order valence-electron chi connectivity index (χ2n) is 8.61. The first-order valence-corrected chi connectivity index (χ1v) is 12.0. The summed E-state index contributed by atoms with van der Waals surface area (Å²) in [5.41, 5.74) is 1.26. The molecule has 0 unspecified atom stereocenters. The van der Waals surface area contributed by atoms with Crippen molar-refractivity contribution in [2.45, 2.75) is 25.5 Å². The molecule has 1 aromatic carbocycles. The number of hydrogen-bond acceptors (Lipinski definition) is 7. The number of pyridine rings is 1. The van der Waals surface area contributed by atoms with Gasteiger partial charge in [0.15, 0.2) is 16.6 Å². The fourth-order valence-electron chi connectivity index (χ4n) is 4.42. The molecule has 3 aliphatic heterocycles. The Hall–Kier alpha value is -2.40. The zero-order valence-electron chi connectivity index (χ0n) is 18.6. The van der Waals surface area contributed by atoms with Gasteiger partial charge in [-0.15, -0.1) is 0 Å². The number of hydrogen-bond donors (Lipinski definition) is 2. The first kappa shape index (κ1) is 22.4. The lowest BCUT2D eigenvalue weighted by Crippen LogP contribution is -2.47. The van der Waals surface area contributed by atoms with Crippen molar-refractivity contribution < 1.29 is 18.9 Å². The van der Waals surface area contributed by atoms with Crippen LogP contribution >= 0.6 is 12.2 Å². The van der Waals surface area contributed by atoms with Crippen LogP contribution in [0.1, 0.15) is 18.4 Å². The summed E-state index contributed by atoms with van der Waals surface area (Å²) >= 11 is 5.75. The third kappa shape index (κ3) is 5.40. The number of aromatic nitrogens is 1. The van der Waals surface area contributed by atoms with Gasteiger partial charge in [-0.05, 0) is 37.2 Å². The molecular formula is C23H30N4O5S. The van der Waals surface area contributed by atoms with Crippen LogP contribution in [0.5, 0.6) is 11.5 Å². The Bertz CT molecular complexity index is 1050. The van der Waals surface area contributed by atoms with Crippen molar-refractivity contribution in [1.29, 1.82) is 0 Å². The Kier molecular flexibility index (Phi) is 6.96. The number of nitrogens with one attached hydrogen (secondary N) is 2. The van der Waals surface area contributed by atoms with Gasteiger partial charge in [0.05, 0.1) is 31.4 Å². The minimum Gasteiger partial charge on any atom is -0.454 e. The van der Waals surface area contributed by atoms with E-state index < -0.39 is 0 Å². The molecule has 178 valence electrons. The maximum Gasteiger partial charge on any atom is 0.253 e. The van der Waals surface area contributed by atoms with Crippen molar-refractivity contribution in [2.24, 2.45) is 0 Å². The first-order valence-electron chi connectivity index (χ1n) is 11.6. The minimum absolute atomic E-state index is 0.125. The molecule has 2 saturated heterocycles. The van der Waals surface area contributed by atoms with Gasteiger partial charge >= 0.3 is 0 Å². The number of nitrogens with zero attached hydrogens (tertiary/aromatic N) is 2. The van der Waals surface area contributed by atoms with Crippen molar-refractivity contribution in [3.63, 3.8) is 0 Å². The van der Waals surface area contributed by atoms with Crippen LogP contribution in [-0.2, 0) is 16.0 Å². The van der Waals surface area contributed by atoms with Crippen LogP contribution in [0.25, 0.3) is 10.9 Å². The summed E-state index contributed by atoms with van der Waals surface area (Å²) in [6.07, 6.45) is 2.33. The van der Waals surface area contributed by atoms with Crippen LogP contribution in [0.15, 0.2) is 23.0 Å². The van der Waals surface area contributed by atoms with Crippen molar-refractivity contribution in [1.82, 2.24) is 20.1 Å². The minimum atomic E-state index is -0.125. The number of H-pyrrole nitrogens is 1. The molecule has 0 saturated carbocycles. The molecular weight excluding hydrogens is 444 g/mol. The Balaban J connectivity index is 1.32. The average Bonchev–Trinajstić information content (AvgIpc) is 3.51. The topological polar surface area (TPSA) is 88.3 Å². The summed E-state index contributed by atoms with van der Waals surface area (Å²) in [4.78, 5) is 20.3. The lowest BCUT2D eigenvalue weighted by Gasteiger charge is -2.31. The molecule has 2 fully saturated rings. The van der Waals surface area contributed by atoms with Gasteiger partial charge in [0.25, 0.3) is 5.56 Å². The number of benzene rings is 1. The van der Waals surface area contributed by atoms with E-state index in [9.17, 15) is 4.79 Å². The van der Waals surface area contributed by atoms with Crippen LogP contribution in [0.3, 0.4) is 0 Å². The van der Waals surface area contributed by atoms with Crippen molar-refractivity contribution >= 4 is 28.2 Å². The molecule has 0 amide bonds. The second-order valence-corrected chi connectivity index (χ2v) is 9.00. The summed E-state index contributed by atoms with van der Waals surface area (Å²) < 4.78 is 22.1. The predicted octanol–water partition coefficient (Wildman–Crippen LogP) is 1.44. The van der Waals surface area contributed by atoms with Gasteiger partial charge in [0, 0.05) is 56.3 Å². The van der Waals surface area contributed by atoms with Crippen LogP contribution in [0.4, 0.5) is 0 Å². The highest BCUT2D eigenvalue weighted by Gasteiger charge is 2.20. The number of fused-ring (bicyclic) bond motifs is 2. The smallest absolute Gasteiger partial charge is 0.253 e. The molecule has 0 radical (unpaired) electrons. The van der Waals surface area contributed by atoms with Crippen molar-refractivity contribution in [3.8, 4) is 11.5 Å². The molecule has 0 spiro atoms. The number of aromatic amines is 1. The molecule has 2 aromatic rings. The maximum atomic E-state index is 12.9. The Morgan fingerprint density at radius 1 is 1.18 bits per heavy atom. The fraction of sp³-hybridized carbons (Fsp3) is 0.565. The molecule has 4 heterocycles. The quantitative estimate of drug-likeness (QED) is 0.579. The van der Waals surface area contributed by atoms with Gasteiger partial charge in [-0.1, -0.05) is 0 Å². The largest absolute Gasteiger partial charge is 0.454 e. The van der Waals surface area contributed by atoms with E-state index in [-0.39, 0.29) is 18.5 Å². The van der Waals surface area contributed by atoms with E-state index in [4.69, 9.17) is 31.2 Å². The van der Waals surface area contributed by atoms with E-state index in [1.54, 1.807) is 0 Å². The molecule has 3 aliphatic rings. The number of ether oxygens (including phenoxy) is 4. The van der Waals surface area contributed by atoms with Gasteiger partial charge in [-0.25, -0.2) is 0 Å². The van der Waals surface area contributed by atoms with Crippen LogP contribution in [-0.4, -0.2) is 85.3 Å². The van der Waals surface area contributed by atoms with E-state index in [0.29, 0.717) is 35.3 Å².